The predicted octanol–water partition coefficient (Wildman–Crippen LogP) is 5.27. The maximum absolute atomic E-state index is 13.4. The number of carbonyl (C=O) groups is 1. The Hall–Kier alpha value is -2.80. The Morgan fingerprint density at radius 2 is 2.00 bits per heavy atom. The van der Waals surface area contributed by atoms with E-state index in [4.69, 9.17) is 4.42 Å². The molecule has 6 nitrogen and oxygen atoms in total. The highest BCUT2D eigenvalue weighted by Crippen LogP contribution is 2.33. The molecule has 7 heteroatoms. The van der Waals surface area contributed by atoms with Crippen LogP contribution in [0.15, 0.2) is 52.1 Å². The van der Waals surface area contributed by atoms with Crippen LogP contribution in [0, 0.1) is 6.92 Å². The summed E-state index contributed by atoms with van der Waals surface area (Å²) in [5.74, 6) is 0.963. The van der Waals surface area contributed by atoms with E-state index in [0.717, 1.165) is 45.1 Å². The number of hydrogen-bond donors (Lipinski definition) is 0. The molecule has 0 radical (unpaired) electrons. The van der Waals surface area contributed by atoms with Crippen molar-refractivity contribution in [2.75, 3.05) is 11.4 Å². The van der Waals surface area contributed by atoms with E-state index < -0.39 is 0 Å². The lowest BCUT2D eigenvalue weighted by atomic mass is 10.2. The molecule has 3 heterocycles. The lowest BCUT2D eigenvalue weighted by Crippen LogP contribution is -2.37. The SMILES string of the molecule is CCc1nnc(SC(CC)C(=O)N(CC)c2cccc(C)c2)c2cc3occc3n12. The van der Waals surface area contributed by atoms with Gasteiger partial charge in [-0.25, -0.2) is 0 Å². The van der Waals surface area contributed by atoms with E-state index in [2.05, 4.69) is 21.5 Å². The molecular weight excluding hydrogens is 396 g/mol. The minimum absolute atomic E-state index is 0.0883. The Morgan fingerprint density at radius 3 is 2.70 bits per heavy atom. The van der Waals surface area contributed by atoms with Crippen LogP contribution in [0.2, 0.25) is 0 Å². The van der Waals surface area contributed by atoms with Gasteiger partial charge in [0.2, 0.25) is 5.91 Å². The summed E-state index contributed by atoms with van der Waals surface area (Å²) in [4.78, 5) is 15.3. The zero-order chi connectivity index (χ0) is 21.3. The van der Waals surface area contributed by atoms with Crippen molar-refractivity contribution in [3.63, 3.8) is 0 Å². The monoisotopic (exact) mass is 422 g/mol. The number of benzene rings is 1. The molecule has 1 unspecified atom stereocenters. The number of carbonyl (C=O) groups excluding carboxylic acids is 1. The molecule has 0 N–H and O–H groups in total. The molecular formula is C23H26N4O2S. The Bertz CT molecular complexity index is 1200. The molecule has 30 heavy (non-hydrogen) atoms. The van der Waals surface area contributed by atoms with E-state index in [1.807, 2.05) is 62.1 Å². The summed E-state index contributed by atoms with van der Waals surface area (Å²) in [5.41, 5.74) is 4.78. The highest BCUT2D eigenvalue weighted by Gasteiger charge is 2.26. The number of anilines is 1. The van der Waals surface area contributed by atoms with Gasteiger partial charge < -0.3 is 9.32 Å². The molecule has 0 fully saturated rings. The Balaban J connectivity index is 1.69. The third kappa shape index (κ3) is 3.58. The van der Waals surface area contributed by atoms with Crippen LogP contribution in [-0.4, -0.2) is 32.3 Å². The van der Waals surface area contributed by atoms with Gasteiger partial charge in [-0.05, 0) is 38.0 Å². The number of aromatic nitrogens is 3. The molecule has 1 atom stereocenters. The summed E-state index contributed by atoms with van der Waals surface area (Å²) < 4.78 is 7.69. The lowest BCUT2D eigenvalue weighted by Gasteiger charge is -2.26. The molecule has 1 aromatic carbocycles. The van der Waals surface area contributed by atoms with Crippen molar-refractivity contribution >= 4 is 40.0 Å². The number of amides is 1. The maximum Gasteiger partial charge on any atom is 0.240 e. The summed E-state index contributed by atoms with van der Waals surface area (Å²) >= 11 is 1.48. The highest BCUT2D eigenvalue weighted by molar-refractivity contribution is 8.00. The van der Waals surface area contributed by atoms with Gasteiger partial charge in [-0.3, -0.25) is 9.20 Å². The molecule has 0 aliphatic heterocycles. The zero-order valence-corrected chi connectivity index (χ0v) is 18.6. The first-order valence-corrected chi connectivity index (χ1v) is 11.2. The van der Waals surface area contributed by atoms with Crippen molar-refractivity contribution in [2.24, 2.45) is 0 Å². The average Bonchev–Trinajstić information content (AvgIpc) is 3.34. The van der Waals surface area contributed by atoms with Gasteiger partial charge in [-0.15, -0.1) is 10.2 Å². The summed E-state index contributed by atoms with van der Waals surface area (Å²) in [5, 5.41) is 9.41. The fourth-order valence-corrected chi connectivity index (χ4v) is 4.77. The molecule has 156 valence electrons. The zero-order valence-electron chi connectivity index (χ0n) is 17.8. The van der Waals surface area contributed by atoms with Gasteiger partial charge >= 0.3 is 0 Å². The Kier molecular flexibility index (Phi) is 5.81. The topological polar surface area (TPSA) is 63.6 Å². The van der Waals surface area contributed by atoms with Crippen LogP contribution >= 0.6 is 11.8 Å². The van der Waals surface area contributed by atoms with E-state index in [9.17, 15) is 4.79 Å². The maximum atomic E-state index is 13.4. The van der Waals surface area contributed by atoms with Crippen molar-refractivity contribution in [3.05, 3.63) is 54.0 Å². The van der Waals surface area contributed by atoms with Crippen LogP contribution in [0.5, 0.6) is 0 Å². The third-order valence-corrected chi connectivity index (χ3v) is 6.60. The van der Waals surface area contributed by atoms with Crippen LogP contribution in [0.25, 0.3) is 16.6 Å². The molecule has 0 aliphatic carbocycles. The van der Waals surface area contributed by atoms with Gasteiger partial charge in [0, 0.05) is 30.8 Å². The van der Waals surface area contributed by atoms with Gasteiger partial charge in [0.15, 0.2) is 5.58 Å². The molecule has 0 saturated heterocycles. The average molecular weight is 423 g/mol. The second-order valence-corrected chi connectivity index (χ2v) is 8.44. The van der Waals surface area contributed by atoms with E-state index in [1.165, 1.54) is 11.8 Å². The van der Waals surface area contributed by atoms with Crippen LogP contribution in [0.3, 0.4) is 0 Å². The third-order valence-electron chi connectivity index (χ3n) is 5.27. The number of nitrogens with zero attached hydrogens (tertiary/aromatic N) is 4. The van der Waals surface area contributed by atoms with E-state index in [-0.39, 0.29) is 11.2 Å². The molecule has 0 bridgehead atoms. The van der Waals surface area contributed by atoms with E-state index >= 15 is 0 Å². The van der Waals surface area contributed by atoms with Crippen molar-refractivity contribution in [1.82, 2.24) is 14.6 Å². The van der Waals surface area contributed by atoms with Gasteiger partial charge in [-0.1, -0.05) is 37.7 Å². The fourth-order valence-electron chi connectivity index (χ4n) is 3.75. The van der Waals surface area contributed by atoms with Crippen molar-refractivity contribution < 1.29 is 9.21 Å². The van der Waals surface area contributed by atoms with Crippen LogP contribution in [-0.2, 0) is 11.2 Å². The lowest BCUT2D eigenvalue weighted by molar-refractivity contribution is -0.118. The van der Waals surface area contributed by atoms with Gasteiger partial charge in [0.05, 0.1) is 22.5 Å². The number of rotatable bonds is 7. The minimum Gasteiger partial charge on any atom is -0.463 e. The quantitative estimate of drug-likeness (QED) is 0.380. The van der Waals surface area contributed by atoms with Gasteiger partial charge in [0.1, 0.15) is 10.9 Å². The molecule has 0 spiro atoms. The minimum atomic E-state index is -0.253. The Labute approximate surface area is 180 Å². The van der Waals surface area contributed by atoms with Gasteiger partial charge in [0.25, 0.3) is 0 Å². The number of fused-ring (bicyclic) bond motifs is 3. The largest absolute Gasteiger partial charge is 0.463 e. The second kappa shape index (κ2) is 8.52. The Morgan fingerprint density at radius 1 is 1.17 bits per heavy atom. The number of thioether (sulfide) groups is 1. The van der Waals surface area contributed by atoms with Gasteiger partial charge in [-0.2, -0.15) is 0 Å². The number of aryl methyl sites for hydroxylation is 2. The van der Waals surface area contributed by atoms with Crippen molar-refractivity contribution in [3.8, 4) is 0 Å². The second-order valence-electron chi connectivity index (χ2n) is 7.25. The van der Waals surface area contributed by atoms with Crippen molar-refractivity contribution in [2.45, 2.75) is 50.8 Å². The first-order chi connectivity index (χ1) is 14.6. The summed E-state index contributed by atoms with van der Waals surface area (Å²) in [6.07, 6.45) is 3.14. The van der Waals surface area contributed by atoms with Crippen molar-refractivity contribution in [1.29, 1.82) is 0 Å². The summed E-state index contributed by atoms with van der Waals surface area (Å²) in [7, 11) is 0. The van der Waals surface area contributed by atoms with E-state index in [1.54, 1.807) is 6.26 Å². The molecule has 4 rings (SSSR count). The van der Waals surface area contributed by atoms with Crippen LogP contribution < -0.4 is 4.90 Å². The van der Waals surface area contributed by atoms with Crippen LogP contribution in [0.4, 0.5) is 5.69 Å². The summed E-state index contributed by atoms with van der Waals surface area (Å²) in [6.45, 7) is 8.76. The molecule has 0 saturated carbocycles. The fraction of sp³-hybridized carbons (Fsp3) is 0.348. The first-order valence-electron chi connectivity index (χ1n) is 10.4. The molecule has 1 amide bonds. The number of hydrogen-bond acceptors (Lipinski definition) is 5. The highest BCUT2D eigenvalue weighted by atomic mass is 32.2. The number of furan rings is 1. The normalized spacial score (nSPS) is 12.5. The molecule has 0 aliphatic rings. The van der Waals surface area contributed by atoms with E-state index in [0.29, 0.717) is 13.0 Å². The molecule has 4 aromatic rings. The summed E-state index contributed by atoms with van der Waals surface area (Å²) in [6, 6.07) is 12.0. The predicted molar refractivity (Wildman–Crippen MR) is 121 cm³/mol. The first kappa shape index (κ1) is 20.5. The molecule has 3 aromatic heterocycles. The van der Waals surface area contributed by atoms with Crippen LogP contribution in [0.1, 0.15) is 38.6 Å². The smallest absolute Gasteiger partial charge is 0.240 e. The standard InChI is InChI=1S/C23H26N4O2S/c1-5-20(23(28)26(7-3)16-10-8-9-15(4)13-16)30-22-18-14-19-17(11-12-29-19)27(18)21(6-2)24-25-22/h8-14,20H,5-7H2,1-4H3.